The molecule has 2 fully saturated rings. The van der Waals surface area contributed by atoms with E-state index in [2.05, 4.69) is 17.1 Å². The smallest absolute Gasteiger partial charge is 0.317 e. The Morgan fingerprint density at radius 1 is 1.11 bits per heavy atom. The van der Waals surface area contributed by atoms with Gasteiger partial charge in [-0.1, -0.05) is 36.8 Å². The maximum Gasteiger partial charge on any atom is 0.317 e. The zero-order valence-electron chi connectivity index (χ0n) is 17.1. The van der Waals surface area contributed by atoms with E-state index in [4.69, 9.17) is 0 Å². The Balaban J connectivity index is 1.52. The van der Waals surface area contributed by atoms with Crippen LogP contribution in [0.2, 0.25) is 0 Å². The molecule has 7 nitrogen and oxygen atoms in total. The summed E-state index contributed by atoms with van der Waals surface area (Å²) >= 11 is 0. The standard InChI is InChI=1S/C20H32N4O3S/c1-4-20(9-10-24(16-20)28(3,26)27)23-13-11-22(12-14-23)19(25)21-15-18-7-5-17(2)6-8-18/h5-8H,4,9-16H2,1-3H3,(H,21,25)/t20-/m0/s1. The van der Waals surface area contributed by atoms with Crippen molar-refractivity contribution < 1.29 is 13.2 Å². The molecule has 1 atom stereocenters. The molecule has 8 heteroatoms. The average Bonchev–Trinajstić information content (AvgIpc) is 3.14. The third-order valence-corrected chi connectivity index (χ3v) is 7.48. The second-order valence-corrected chi connectivity index (χ2v) is 10.0. The quantitative estimate of drug-likeness (QED) is 0.804. The first-order valence-corrected chi connectivity index (χ1v) is 11.9. The van der Waals surface area contributed by atoms with Crippen molar-refractivity contribution in [2.45, 2.75) is 38.8 Å². The molecule has 28 heavy (non-hydrogen) atoms. The number of amides is 2. The third-order valence-electron chi connectivity index (χ3n) is 6.23. The maximum atomic E-state index is 12.5. The molecule has 0 aromatic heterocycles. The minimum atomic E-state index is -3.15. The van der Waals surface area contributed by atoms with Crippen molar-refractivity contribution in [3.8, 4) is 0 Å². The molecule has 3 rings (SSSR count). The number of carbonyl (C=O) groups excluding carboxylic acids is 1. The summed E-state index contributed by atoms with van der Waals surface area (Å²) in [5, 5.41) is 3.00. The molecule has 0 radical (unpaired) electrons. The number of carbonyl (C=O) groups is 1. The van der Waals surface area contributed by atoms with Crippen LogP contribution in [0.15, 0.2) is 24.3 Å². The summed E-state index contributed by atoms with van der Waals surface area (Å²) in [6.07, 6.45) is 3.06. The molecule has 0 aliphatic carbocycles. The van der Waals surface area contributed by atoms with Crippen molar-refractivity contribution in [1.29, 1.82) is 0 Å². The number of benzene rings is 1. The molecule has 2 aliphatic rings. The maximum absolute atomic E-state index is 12.5. The Morgan fingerprint density at radius 3 is 2.29 bits per heavy atom. The topological polar surface area (TPSA) is 73.0 Å². The van der Waals surface area contributed by atoms with Crippen LogP contribution in [0.5, 0.6) is 0 Å². The van der Waals surface area contributed by atoms with Crippen molar-refractivity contribution in [1.82, 2.24) is 19.4 Å². The van der Waals surface area contributed by atoms with Gasteiger partial charge >= 0.3 is 6.03 Å². The molecular formula is C20H32N4O3S. The summed E-state index contributed by atoms with van der Waals surface area (Å²) < 4.78 is 25.4. The number of rotatable bonds is 5. The van der Waals surface area contributed by atoms with E-state index in [1.54, 1.807) is 4.31 Å². The van der Waals surface area contributed by atoms with Crippen molar-refractivity contribution in [2.24, 2.45) is 0 Å². The number of hydrogen-bond donors (Lipinski definition) is 1. The van der Waals surface area contributed by atoms with Crippen LogP contribution in [0.4, 0.5) is 4.79 Å². The fourth-order valence-corrected chi connectivity index (χ4v) is 5.15. The molecular weight excluding hydrogens is 376 g/mol. The second kappa shape index (κ2) is 8.39. The van der Waals surface area contributed by atoms with Gasteiger partial charge in [0.05, 0.1) is 6.26 Å². The number of urea groups is 1. The molecule has 2 amide bonds. The predicted octanol–water partition coefficient (Wildman–Crippen LogP) is 1.64. The van der Waals surface area contributed by atoms with Crippen LogP contribution in [0.3, 0.4) is 0 Å². The van der Waals surface area contributed by atoms with Gasteiger partial charge in [0.15, 0.2) is 0 Å². The van der Waals surface area contributed by atoms with Crippen LogP contribution in [-0.2, 0) is 16.6 Å². The van der Waals surface area contributed by atoms with Gasteiger partial charge in [-0.05, 0) is 25.3 Å². The Bertz CT molecular complexity index is 788. The lowest BCUT2D eigenvalue weighted by atomic mass is 9.92. The van der Waals surface area contributed by atoms with Gasteiger partial charge < -0.3 is 10.2 Å². The second-order valence-electron chi connectivity index (χ2n) is 8.04. The van der Waals surface area contributed by atoms with Crippen LogP contribution < -0.4 is 5.32 Å². The number of sulfonamides is 1. The van der Waals surface area contributed by atoms with Crippen LogP contribution in [0.1, 0.15) is 30.9 Å². The molecule has 156 valence electrons. The highest BCUT2D eigenvalue weighted by atomic mass is 32.2. The molecule has 0 bridgehead atoms. The Labute approximate surface area is 168 Å². The zero-order chi connectivity index (χ0) is 20.4. The van der Waals surface area contributed by atoms with Gasteiger partial charge in [0.2, 0.25) is 10.0 Å². The SMILES string of the molecule is CC[C@]1(N2CCN(C(=O)NCc3ccc(C)cc3)CC2)CCN(S(C)(=O)=O)C1. The number of nitrogens with zero attached hydrogens (tertiary/aromatic N) is 3. The van der Waals surface area contributed by atoms with E-state index in [-0.39, 0.29) is 11.6 Å². The Hall–Kier alpha value is -1.64. The van der Waals surface area contributed by atoms with E-state index >= 15 is 0 Å². The summed E-state index contributed by atoms with van der Waals surface area (Å²) in [5.41, 5.74) is 2.19. The molecule has 0 spiro atoms. The average molecular weight is 409 g/mol. The van der Waals surface area contributed by atoms with Crippen LogP contribution in [0, 0.1) is 6.92 Å². The number of nitrogens with one attached hydrogen (secondary N) is 1. The Morgan fingerprint density at radius 2 is 1.75 bits per heavy atom. The fraction of sp³-hybridized carbons (Fsp3) is 0.650. The van der Waals surface area contributed by atoms with E-state index in [1.807, 2.05) is 36.1 Å². The van der Waals surface area contributed by atoms with Crippen LogP contribution in [0.25, 0.3) is 0 Å². The van der Waals surface area contributed by atoms with E-state index < -0.39 is 10.0 Å². The minimum absolute atomic E-state index is 0.0324. The minimum Gasteiger partial charge on any atom is -0.334 e. The highest BCUT2D eigenvalue weighted by Crippen LogP contribution is 2.33. The monoisotopic (exact) mass is 408 g/mol. The van der Waals surface area contributed by atoms with Gasteiger partial charge in [0, 0.05) is 51.4 Å². The number of piperazine rings is 1. The first-order valence-electron chi connectivity index (χ1n) is 10.0. The summed E-state index contributed by atoms with van der Waals surface area (Å²) in [6, 6.07) is 8.13. The van der Waals surface area contributed by atoms with E-state index in [9.17, 15) is 13.2 Å². The first kappa shape index (κ1) is 21.1. The highest BCUT2D eigenvalue weighted by molar-refractivity contribution is 7.88. The summed E-state index contributed by atoms with van der Waals surface area (Å²) in [6.45, 7) is 8.75. The normalized spacial score (nSPS) is 24.5. The van der Waals surface area contributed by atoms with Gasteiger partial charge in [-0.2, -0.15) is 0 Å². The lowest BCUT2D eigenvalue weighted by molar-refractivity contribution is 0.0477. The van der Waals surface area contributed by atoms with Gasteiger partial charge in [0.1, 0.15) is 0 Å². The number of aryl methyl sites for hydroxylation is 1. The van der Waals surface area contributed by atoms with Crippen LogP contribution >= 0.6 is 0 Å². The van der Waals surface area contributed by atoms with Gasteiger partial charge in [-0.15, -0.1) is 0 Å². The van der Waals surface area contributed by atoms with E-state index in [0.717, 1.165) is 31.5 Å². The lowest BCUT2D eigenvalue weighted by Crippen LogP contribution is -2.59. The summed E-state index contributed by atoms with van der Waals surface area (Å²) in [7, 11) is -3.15. The molecule has 1 aromatic carbocycles. The van der Waals surface area contributed by atoms with Crippen LogP contribution in [-0.4, -0.2) is 79.6 Å². The molecule has 1 aromatic rings. The summed E-state index contributed by atoms with van der Waals surface area (Å²) in [4.78, 5) is 16.8. The molecule has 2 saturated heterocycles. The van der Waals surface area contributed by atoms with Gasteiger partial charge in [0.25, 0.3) is 0 Å². The largest absolute Gasteiger partial charge is 0.334 e. The van der Waals surface area contributed by atoms with Gasteiger partial charge in [-0.25, -0.2) is 17.5 Å². The Kier molecular flexibility index (Phi) is 6.31. The van der Waals surface area contributed by atoms with Crippen molar-refractivity contribution >= 4 is 16.1 Å². The first-order chi connectivity index (χ1) is 13.2. The van der Waals surface area contributed by atoms with Crippen molar-refractivity contribution in [3.05, 3.63) is 35.4 Å². The number of hydrogen-bond acceptors (Lipinski definition) is 4. The third kappa shape index (κ3) is 4.67. The predicted molar refractivity (Wildman–Crippen MR) is 111 cm³/mol. The highest BCUT2D eigenvalue weighted by Gasteiger charge is 2.45. The molecule has 0 unspecified atom stereocenters. The van der Waals surface area contributed by atoms with E-state index in [1.165, 1.54) is 11.8 Å². The fourth-order valence-electron chi connectivity index (χ4n) is 4.25. The summed E-state index contributed by atoms with van der Waals surface area (Å²) in [5.74, 6) is 0. The molecule has 1 N–H and O–H groups in total. The van der Waals surface area contributed by atoms with Crippen molar-refractivity contribution in [3.63, 3.8) is 0 Å². The van der Waals surface area contributed by atoms with Crippen molar-refractivity contribution in [2.75, 3.05) is 45.5 Å². The van der Waals surface area contributed by atoms with Gasteiger partial charge in [-0.3, -0.25) is 4.90 Å². The molecule has 2 heterocycles. The van der Waals surface area contributed by atoms with E-state index in [0.29, 0.717) is 32.7 Å². The molecule has 0 saturated carbocycles. The lowest BCUT2D eigenvalue weighted by Gasteiger charge is -2.45. The molecule has 2 aliphatic heterocycles. The zero-order valence-corrected chi connectivity index (χ0v) is 18.0.